The molecule has 1 aromatic rings. The highest BCUT2D eigenvalue weighted by atomic mass is 79.9. The lowest BCUT2D eigenvalue weighted by molar-refractivity contribution is -0.123. The molecule has 1 aliphatic heterocycles. The third-order valence-electron chi connectivity index (χ3n) is 3.34. The summed E-state index contributed by atoms with van der Waals surface area (Å²) in [6.45, 7) is 2.84. The van der Waals surface area contributed by atoms with Gasteiger partial charge >= 0.3 is 0 Å². The van der Waals surface area contributed by atoms with Crippen LogP contribution in [0.15, 0.2) is 28.7 Å². The maximum Gasteiger partial charge on any atom is 0.220 e. The van der Waals surface area contributed by atoms with E-state index in [0.717, 1.165) is 36.9 Å². The van der Waals surface area contributed by atoms with Gasteiger partial charge in [0.1, 0.15) is 0 Å². The molecule has 92 valence electrons. The van der Waals surface area contributed by atoms with Gasteiger partial charge in [0.25, 0.3) is 0 Å². The molecule has 0 unspecified atom stereocenters. The molecule has 3 nitrogen and oxygen atoms in total. The predicted octanol–water partition coefficient (Wildman–Crippen LogP) is 2.15. The number of carbonyl (C=O) groups is 1. The molecule has 0 aliphatic carbocycles. The third kappa shape index (κ3) is 3.30. The number of halogens is 1. The van der Waals surface area contributed by atoms with Crippen molar-refractivity contribution in [3.05, 3.63) is 34.3 Å². The van der Waals surface area contributed by atoms with Crippen molar-refractivity contribution in [2.75, 3.05) is 13.1 Å². The minimum atomic E-state index is -0.148. The predicted molar refractivity (Wildman–Crippen MR) is 71.3 cm³/mol. The Bertz CT molecular complexity index is 400. The van der Waals surface area contributed by atoms with Crippen LogP contribution < -0.4 is 5.73 Å². The van der Waals surface area contributed by atoms with Crippen LogP contribution >= 0.6 is 15.9 Å². The zero-order valence-corrected chi connectivity index (χ0v) is 11.3. The lowest BCUT2D eigenvalue weighted by Gasteiger charge is -2.30. The monoisotopic (exact) mass is 296 g/mol. The Morgan fingerprint density at radius 1 is 1.35 bits per heavy atom. The fourth-order valence-corrected chi connectivity index (χ4v) is 2.65. The minimum Gasteiger partial charge on any atom is -0.369 e. The van der Waals surface area contributed by atoms with Crippen LogP contribution in [0.5, 0.6) is 0 Å². The largest absolute Gasteiger partial charge is 0.369 e. The van der Waals surface area contributed by atoms with E-state index in [9.17, 15) is 4.79 Å². The van der Waals surface area contributed by atoms with E-state index in [1.54, 1.807) is 0 Å². The van der Waals surface area contributed by atoms with Crippen LogP contribution in [0.1, 0.15) is 18.4 Å². The Morgan fingerprint density at radius 3 is 2.59 bits per heavy atom. The quantitative estimate of drug-likeness (QED) is 0.929. The van der Waals surface area contributed by atoms with Crippen LogP contribution in [0.4, 0.5) is 0 Å². The number of likely N-dealkylation sites (tertiary alicyclic amines) is 1. The van der Waals surface area contributed by atoms with Crippen LogP contribution in [0, 0.1) is 5.92 Å². The molecule has 4 heteroatoms. The molecule has 0 aromatic heterocycles. The van der Waals surface area contributed by atoms with E-state index in [-0.39, 0.29) is 11.8 Å². The fraction of sp³-hybridized carbons (Fsp3) is 0.462. The molecule has 0 atom stereocenters. The molecule has 0 saturated carbocycles. The van der Waals surface area contributed by atoms with E-state index >= 15 is 0 Å². The lowest BCUT2D eigenvalue weighted by atomic mass is 9.96. The number of benzene rings is 1. The molecule has 1 saturated heterocycles. The number of hydrogen-bond donors (Lipinski definition) is 1. The number of amides is 1. The second-order valence-corrected chi connectivity index (χ2v) is 5.40. The number of piperidine rings is 1. The molecule has 0 radical (unpaired) electrons. The molecule has 1 fully saturated rings. The van der Waals surface area contributed by atoms with Crippen molar-refractivity contribution in [3.63, 3.8) is 0 Å². The third-order valence-corrected chi connectivity index (χ3v) is 4.12. The van der Waals surface area contributed by atoms with Crippen LogP contribution in [-0.4, -0.2) is 23.9 Å². The van der Waals surface area contributed by atoms with Crippen LogP contribution in [0.2, 0.25) is 0 Å². The summed E-state index contributed by atoms with van der Waals surface area (Å²) in [5, 5.41) is 0. The van der Waals surface area contributed by atoms with Crippen molar-refractivity contribution in [1.29, 1.82) is 0 Å². The Hall–Kier alpha value is -0.870. The maximum absolute atomic E-state index is 11.1. The van der Waals surface area contributed by atoms with Crippen molar-refractivity contribution in [3.8, 4) is 0 Å². The summed E-state index contributed by atoms with van der Waals surface area (Å²) in [4.78, 5) is 13.4. The standard InChI is InChI=1S/C13H17BrN2O/c14-12-4-2-1-3-11(12)9-16-7-5-10(6-8-16)13(15)17/h1-4,10H,5-9H2,(H2,15,17). The lowest BCUT2D eigenvalue weighted by Crippen LogP contribution is -2.38. The Balaban J connectivity index is 1.90. The first kappa shape index (κ1) is 12.6. The Labute approximate surface area is 110 Å². The average molecular weight is 297 g/mol. The summed E-state index contributed by atoms with van der Waals surface area (Å²) in [6.07, 6.45) is 1.78. The Morgan fingerprint density at radius 2 is 2.00 bits per heavy atom. The molecule has 1 aromatic carbocycles. The first-order valence-electron chi connectivity index (χ1n) is 5.92. The van der Waals surface area contributed by atoms with Crippen LogP contribution in [0.25, 0.3) is 0 Å². The molecule has 17 heavy (non-hydrogen) atoms. The van der Waals surface area contributed by atoms with Crippen molar-refractivity contribution in [2.45, 2.75) is 19.4 Å². The Kier molecular flexibility index (Phi) is 4.18. The summed E-state index contributed by atoms with van der Waals surface area (Å²) >= 11 is 3.56. The van der Waals surface area contributed by atoms with E-state index in [1.165, 1.54) is 5.56 Å². The molecule has 1 amide bonds. The SMILES string of the molecule is NC(=O)C1CCN(Cc2ccccc2Br)CC1. The van der Waals surface area contributed by atoms with Gasteiger partial charge in [0.2, 0.25) is 5.91 Å². The number of rotatable bonds is 3. The van der Waals surface area contributed by atoms with Gasteiger partial charge in [-0.3, -0.25) is 9.69 Å². The number of primary amides is 1. The van der Waals surface area contributed by atoms with Gasteiger partial charge in [0, 0.05) is 16.9 Å². The summed E-state index contributed by atoms with van der Waals surface area (Å²) < 4.78 is 1.15. The number of hydrogen-bond acceptors (Lipinski definition) is 2. The van der Waals surface area contributed by atoms with E-state index in [4.69, 9.17) is 5.73 Å². The summed E-state index contributed by atoms with van der Waals surface area (Å²) in [7, 11) is 0. The van der Waals surface area contributed by atoms with Gasteiger partial charge < -0.3 is 5.73 Å². The van der Waals surface area contributed by atoms with E-state index < -0.39 is 0 Å². The zero-order valence-electron chi connectivity index (χ0n) is 9.73. The maximum atomic E-state index is 11.1. The smallest absolute Gasteiger partial charge is 0.220 e. The highest BCUT2D eigenvalue weighted by molar-refractivity contribution is 9.10. The molecular weight excluding hydrogens is 280 g/mol. The van der Waals surface area contributed by atoms with E-state index in [0.29, 0.717) is 0 Å². The topological polar surface area (TPSA) is 46.3 Å². The molecule has 2 N–H and O–H groups in total. The molecule has 1 aliphatic rings. The van der Waals surface area contributed by atoms with E-state index in [2.05, 4.69) is 39.0 Å². The zero-order chi connectivity index (χ0) is 12.3. The molecule has 0 spiro atoms. The highest BCUT2D eigenvalue weighted by Crippen LogP contribution is 2.22. The molecule has 1 heterocycles. The second kappa shape index (κ2) is 5.65. The number of nitrogens with zero attached hydrogens (tertiary/aromatic N) is 1. The van der Waals surface area contributed by atoms with Gasteiger partial charge in [-0.15, -0.1) is 0 Å². The van der Waals surface area contributed by atoms with Crippen molar-refractivity contribution < 1.29 is 4.79 Å². The second-order valence-electron chi connectivity index (χ2n) is 4.54. The number of nitrogens with two attached hydrogens (primary N) is 1. The van der Waals surface area contributed by atoms with Gasteiger partial charge in [0.05, 0.1) is 0 Å². The summed E-state index contributed by atoms with van der Waals surface area (Å²) in [5.41, 5.74) is 6.62. The van der Waals surface area contributed by atoms with Gasteiger partial charge in [-0.05, 0) is 37.6 Å². The van der Waals surface area contributed by atoms with Gasteiger partial charge in [-0.1, -0.05) is 34.1 Å². The van der Waals surface area contributed by atoms with Crippen LogP contribution in [-0.2, 0) is 11.3 Å². The first-order valence-corrected chi connectivity index (χ1v) is 6.71. The average Bonchev–Trinajstić information content (AvgIpc) is 2.33. The van der Waals surface area contributed by atoms with Crippen molar-refractivity contribution in [2.24, 2.45) is 11.7 Å². The summed E-state index contributed by atoms with van der Waals surface area (Å²) in [6, 6.07) is 8.26. The highest BCUT2D eigenvalue weighted by Gasteiger charge is 2.23. The molecular formula is C13H17BrN2O. The first-order chi connectivity index (χ1) is 8.16. The van der Waals surface area contributed by atoms with E-state index in [1.807, 2.05) is 6.07 Å². The van der Waals surface area contributed by atoms with Gasteiger partial charge in [-0.2, -0.15) is 0 Å². The fourth-order valence-electron chi connectivity index (χ4n) is 2.24. The normalized spacial score (nSPS) is 18.2. The summed E-state index contributed by atoms with van der Waals surface area (Å²) in [5.74, 6) is -0.0731. The van der Waals surface area contributed by atoms with Gasteiger partial charge in [0.15, 0.2) is 0 Å². The van der Waals surface area contributed by atoms with Crippen LogP contribution in [0.3, 0.4) is 0 Å². The van der Waals surface area contributed by atoms with Crippen molar-refractivity contribution in [1.82, 2.24) is 4.90 Å². The molecule has 0 bridgehead atoms. The number of carbonyl (C=O) groups excluding carboxylic acids is 1. The van der Waals surface area contributed by atoms with Gasteiger partial charge in [-0.25, -0.2) is 0 Å². The van der Waals surface area contributed by atoms with Crippen molar-refractivity contribution >= 4 is 21.8 Å². The minimum absolute atomic E-state index is 0.0745. The molecule has 2 rings (SSSR count).